The molecule has 2 amide bonds. The molecule has 2 N–H and O–H groups in total. The number of carbonyl (C=O) groups excluding carboxylic acids is 2. The van der Waals surface area contributed by atoms with Crippen LogP contribution in [0.4, 0.5) is 0 Å². The molecule has 6 nitrogen and oxygen atoms in total. The van der Waals surface area contributed by atoms with Gasteiger partial charge in [0.2, 0.25) is 5.91 Å². The monoisotopic (exact) mass is 460 g/mol. The number of benzene rings is 1. The van der Waals surface area contributed by atoms with E-state index >= 15 is 0 Å². The summed E-state index contributed by atoms with van der Waals surface area (Å²) in [4.78, 5) is 36.4. The number of nitrogens with zero attached hydrogens (tertiary/aromatic N) is 1. The topological polar surface area (TPSA) is 86.7 Å². The first-order valence-electron chi connectivity index (χ1n) is 8.47. The molecule has 0 aliphatic carbocycles. The van der Waals surface area contributed by atoms with Crippen LogP contribution in [0.25, 0.3) is 6.08 Å². The molecule has 1 heterocycles. The Labute approximate surface area is 182 Å². The Balaban J connectivity index is 1.82. The van der Waals surface area contributed by atoms with Crippen LogP contribution in [0.15, 0.2) is 23.1 Å². The number of hydrogen-bond acceptors (Lipinski definition) is 5. The number of amides is 2. The molecule has 0 radical (unpaired) electrons. The van der Waals surface area contributed by atoms with E-state index < -0.39 is 5.97 Å². The van der Waals surface area contributed by atoms with Gasteiger partial charge in [-0.25, -0.2) is 0 Å². The summed E-state index contributed by atoms with van der Waals surface area (Å²) in [6.07, 6.45) is 3.94. The zero-order chi connectivity index (χ0) is 20.7. The molecule has 28 heavy (non-hydrogen) atoms. The second-order valence-electron chi connectivity index (χ2n) is 5.96. The highest BCUT2D eigenvalue weighted by atomic mass is 35.5. The summed E-state index contributed by atoms with van der Waals surface area (Å²) >= 11 is 18.7. The van der Waals surface area contributed by atoms with Crippen LogP contribution in [0, 0.1) is 0 Å². The maximum absolute atomic E-state index is 12.6. The molecule has 0 bridgehead atoms. The van der Waals surface area contributed by atoms with Gasteiger partial charge in [0, 0.05) is 13.0 Å². The molecule has 0 saturated carbocycles. The van der Waals surface area contributed by atoms with Crippen LogP contribution in [0.5, 0.6) is 0 Å². The Morgan fingerprint density at radius 2 is 2.00 bits per heavy atom. The van der Waals surface area contributed by atoms with Crippen LogP contribution in [0.3, 0.4) is 0 Å². The van der Waals surface area contributed by atoms with Gasteiger partial charge in [-0.15, -0.1) is 0 Å². The predicted octanol–water partition coefficient (Wildman–Crippen LogP) is 3.96. The van der Waals surface area contributed by atoms with Crippen molar-refractivity contribution in [1.82, 2.24) is 10.2 Å². The maximum atomic E-state index is 12.6. The third-order valence-electron chi connectivity index (χ3n) is 3.86. The molecular weight excluding hydrogens is 443 g/mol. The van der Waals surface area contributed by atoms with Crippen molar-refractivity contribution in [3.05, 3.63) is 38.7 Å². The van der Waals surface area contributed by atoms with Crippen LogP contribution in [-0.4, -0.2) is 45.2 Å². The van der Waals surface area contributed by atoms with Gasteiger partial charge in [-0.1, -0.05) is 65.7 Å². The fourth-order valence-corrected chi connectivity index (χ4v) is 4.12. The van der Waals surface area contributed by atoms with E-state index in [-0.39, 0.29) is 24.8 Å². The lowest BCUT2D eigenvalue weighted by molar-refractivity contribution is -0.137. The van der Waals surface area contributed by atoms with E-state index in [4.69, 9.17) is 40.5 Å². The number of rotatable bonds is 9. The molecule has 0 aromatic heterocycles. The number of carboxylic acid groups (broad SMARTS) is 1. The first kappa shape index (κ1) is 22.7. The van der Waals surface area contributed by atoms with Gasteiger partial charge in [0.15, 0.2) is 0 Å². The zero-order valence-electron chi connectivity index (χ0n) is 14.7. The van der Waals surface area contributed by atoms with Crippen molar-refractivity contribution >= 4 is 75.4 Å². The lowest BCUT2D eigenvalue weighted by Crippen LogP contribution is -2.29. The van der Waals surface area contributed by atoms with Crippen molar-refractivity contribution in [1.29, 1.82) is 0 Å². The molecule has 1 aromatic carbocycles. The molecule has 1 aromatic rings. The van der Waals surface area contributed by atoms with E-state index in [0.29, 0.717) is 44.2 Å². The summed E-state index contributed by atoms with van der Waals surface area (Å²) in [5.74, 6) is -1.55. The third kappa shape index (κ3) is 6.48. The molecule has 0 unspecified atom stereocenters. The molecule has 1 aliphatic rings. The number of nitrogens with one attached hydrogen (secondary N) is 1. The molecule has 1 aliphatic heterocycles. The number of thioether (sulfide) groups is 1. The molecule has 150 valence electrons. The van der Waals surface area contributed by atoms with Crippen molar-refractivity contribution in [3.63, 3.8) is 0 Å². The zero-order valence-corrected chi connectivity index (χ0v) is 17.9. The van der Waals surface area contributed by atoms with Crippen LogP contribution in [0.1, 0.15) is 31.2 Å². The van der Waals surface area contributed by atoms with Crippen LogP contribution < -0.4 is 5.32 Å². The largest absolute Gasteiger partial charge is 0.480 e. The molecule has 10 heteroatoms. The second kappa shape index (κ2) is 10.8. The Kier molecular flexibility index (Phi) is 8.75. The van der Waals surface area contributed by atoms with Gasteiger partial charge in [0.25, 0.3) is 5.91 Å². The summed E-state index contributed by atoms with van der Waals surface area (Å²) < 4.78 is 0.480. The van der Waals surface area contributed by atoms with E-state index in [1.165, 1.54) is 16.7 Å². The summed E-state index contributed by atoms with van der Waals surface area (Å²) in [5.41, 5.74) is 0.655. The van der Waals surface area contributed by atoms with Crippen LogP contribution in [0.2, 0.25) is 10.0 Å². The third-order valence-corrected chi connectivity index (χ3v) is 6.08. The van der Waals surface area contributed by atoms with Crippen LogP contribution >= 0.6 is 47.2 Å². The van der Waals surface area contributed by atoms with Gasteiger partial charge in [-0.3, -0.25) is 19.3 Å². The normalized spacial score (nSPS) is 15.4. The highest BCUT2D eigenvalue weighted by Crippen LogP contribution is 2.35. The van der Waals surface area contributed by atoms with Gasteiger partial charge in [0.05, 0.1) is 15.0 Å². The summed E-state index contributed by atoms with van der Waals surface area (Å²) in [7, 11) is 0. The Morgan fingerprint density at radius 1 is 1.25 bits per heavy atom. The smallest absolute Gasteiger partial charge is 0.322 e. The molecule has 0 spiro atoms. The van der Waals surface area contributed by atoms with Gasteiger partial charge < -0.3 is 10.4 Å². The Hall–Kier alpha value is -1.61. The number of hydrogen-bond donors (Lipinski definition) is 2. The number of carbonyl (C=O) groups is 3. The number of unbranched alkanes of at least 4 members (excludes halogenated alkanes) is 2. The van der Waals surface area contributed by atoms with Gasteiger partial charge in [-0.2, -0.15) is 0 Å². The first-order valence-corrected chi connectivity index (χ1v) is 10.5. The number of carboxylic acids is 1. The van der Waals surface area contributed by atoms with Crippen LogP contribution in [-0.2, 0) is 14.4 Å². The van der Waals surface area contributed by atoms with Crippen molar-refractivity contribution in [2.45, 2.75) is 25.7 Å². The van der Waals surface area contributed by atoms with E-state index in [9.17, 15) is 14.4 Å². The predicted molar refractivity (Wildman–Crippen MR) is 115 cm³/mol. The summed E-state index contributed by atoms with van der Waals surface area (Å²) in [6, 6.07) is 5.21. The average molecular weight is 461 g/mol. The molecule has 1 fully saturated rings. The first-order chi connectivity index (χ1) is 13.3. The summed E-state index contributed by atoms with van der Waals surface area (Å²) in [6.45, 7) is 0.0837. The SMILES string of the molecule is O=C(O)CNC(=O)CCCCCN1C(=O)/C(=C/c2cccc(Cl)c2Cl)SC1=S. The fraction of sp³-hybridized carbons (Fsp3) is 0.333. The second-order valence-corrected chi connectivity index (χ2v) is 8.42. The molecular formula is C18H18Cl2N2O4S2. The van der Waals surface area contributed by atoms with E-state index in [1.54, 1.807) is 24.3 Å². The van der Waals surface area contributed by atoms with Crippen molar-refractivity contribution in [3.8, 4) is 0 Å². The number of aliphatic carboxylic acids is 1. The molecule has 2 rings (SSSR count). The van der Waals surface area contributed by atoms with E-state index in [0.717, 1.165) is 6.42 Å². The minimum absolute atomic E-state index is 0.176. The lowest BCUT2D eigenvalue weighted by Gasteiger charge is -2.14. The minimum Gasteiger partial charge on any atom is -0.480 e. The van der Waals surface area contributed by atoms with Crippen molar-refractivity contribution in [2.75, 3.05) is 13.1 Å². The van der Waals surface area contributed by atoms with Crippen molar-refractivity contribution in [2.24, 2.45) is 0 Å². The standard InChI is InChI=1S/C18H18Cl2N2O4S2/c19-12-6-4-5-11(16(12)20)9-13-17(26)22(18(27)28-13)8-3-1-2-7-14(23)21-10-15(24)25/h4-6,9H,1-3,7-8,10H2,(H,21,23)(H,24,25)/b13-9-. The van der Waals surface area contributed by atoms with E-state index in [1.807, 2.05) is 0 Å². The van der Waals surface area contributed by atoms with E-state index in [2.05, 4.69) is 5.32 Å². The number of thiocarbonyl (C=S) groups is 1. The molecule has 1 saturated heterocycles. The highest BCUT2D eigenvalue weighted by Gasteiger charge is 2.31. The highest BCUT2D eigenvalue weighted by molar-refractivity contribution is 8.26. The van der Waals surface area contributed by atoms with Gasteiger partial charge >= 0.3 is 5.97 Å². The number of halogens is 2. The summed E-state index contributed by atoms with van der Waals surface area (Å²) in [5, 5.41) is 11.6. The van der Waals surface area contributed by atoms with Gasteiger partial charge in [0.1, 0.15) is 10.9 Å². The van der Waals surface area contributed by atoms with Gasteiger partial charge in [-0.05, 0) is 30.5 Å². The van der Waals surface area contributed by atoms with Crippen molar-refractivity contribution < 1.29 is 19.5 Å². The average Bonchev–Trinajstić information content (AvgIpc) is 2.90. The lowest BCUT2D eigenvalue weighted by atomic mass is 10.1. The minimum atomic E-state index is -1.07. The Bertz CT molecular complexity index is 830. The molecule has 0 atom stereocenters. The maximum Gasteiger partial charge on any atom is 0.322 e. The fourth-order valence-electron chi connectivity index (χ4n) is 2.46. The Morgan fingerprint density at radius 3 is 2.71 bits per heavy atom. The quantitative estimate of drug-likeness (QED) is 0.329.